The molecule has 5 nitrogen and oxygen atoms in total. The number of hydrogen-bond acceptors (Lipinski definition) is 4. The molecule has 0 saturated heterocycles. The van der Waals surface area contributed by atoms with Gasteiger partial charge in [0, 0.05) is 12.1 Å². The van der Waals surface area contributed by atoms with Crippen LogP contribution in [0.25, 0.3) is 11.4 Å². The highest BCUT2D eigenvalue weighted by atomic mass is 19.4. The third kappa shape index (κ3) is 2.70. The zero-order chi connectivity index (χ0) is 14.0. The van der Waals surface area contributed by atoms with Gasteiger partial charge in [0.1, 0.15) is 5.82 Å². The van der Waals surface area contributed by atoms with Crippen LogP contribution in [0.15, 0.2) is 18.2 Å². The predicted molar refractivity (Wildman–Crippen MR) is 57.3 cm³/mol. The van der Waals surface area contributed by atoms with E-state index in [1.165, 1.54) is 0 Å². The summed E-state index contributed by atoms with van der Waals surface area (Å²) in [4.78, 5) is 0. The van der Waals surface area contributed by atoms with Crippen LogP contribution in [0.3, 0.4) is 0 Å². The van der Waals surface area contributed by atoms with Gasteiger partial charge < -0.3 is 5.73 Å². The van der Waals surface area contributed by atoms with Gasteiger partial charge in [-0.05, 0) is 28.6 Å². The smallest absolute Gasteiger partial charge is 0.329 e. The first-order valence-corrected chi connectivity index (χ1v) is 5.27. The minimum Gasteiger partial charge on any atom is -0.329 e. The van der Waals surface area contributed by atoms with Crippen molar-refractivity contribution in [1.82, 2.24) is 20.2 Å². The van der Waals surface area contributed by atoms with Crippen LogP contribution < -0.4 is 5.73 Å². The number of hydrogen-bond donors (Lipinski definition) is 1. The molecule has 2 aromatic rings. The van der Waals surface area contributed by atoms with Gasteiger partial charge in [-0.2, -0.15) is 13.2 Å². The molecule has 0 atom stereocenters. The van der Waals surface area contributed by atoms with Gasteiger partial charge in [0.15, 0.2) is 5.82 Å². The first kappa shape index (κ1) is 13.4. The van der Waals surface area contributed by atoms with E-state index in [1.807, 2.05) is 0 Å². The quantitative estimate of drug-likeness (QED) is 0.861. The molecule has 0 bridgehead atoms. The van der Waals surface area contributed by atoms with Crippen molar-refractivity contribution >= 4 is 0 Å². The fourth-order valence-corrected chi connectivity index (χ4v) is 1.62. The van der Waals surface area contributed by atoms with Crippen LogP contribution in [0.1, 0.15) is 5.56 Å². The summed E-state index contributed by atoms with van der Waals surface area (Å²) in [7, 11) is 0. The van der Waals surface area contributed by atoms with Crippen molar-refractivity contribution in [2.45, 2.75) is 12.7 Å². The second kappa shape index (κ2) is 4.92. The summed E-state index contributed by atoms with van der Waals surface area (Å²) in [5.74, 6) is -0.970. The lowest BCUT2D eigenvalue weighted by atomic mass is 10.1. The van der Waals surface area contributed by atoms with Gasteiger partial charge in [-0.15, -0.1) is 5.10 Å². The summed E-state index contributed by atoms with van der Waals surface area (Å²) in [5.41, 5.74) is 3.90. The minimum atomic E-state index is -4.62. The molecular weight excluding hydrogens is 266 g/mol. The first-order valence-electron chi connectivity index (χ1n) is 5.27. The number of aromatic nitrogens is 4. The van der Waals surface area contributed by atoms with Crippen LogP contribution in [-0.4, -0.2) is 26.8 Å². The van der Waals surface area contributed by atoms with Crippen molar-refractivity contribution in [1.29, 1.82) is 0 Å². The summed E-state index contributed by atoms with van der Waals surface area (Å²) in [6, 6.07) is 2.15. The molecule has 9 heteroatoms. The summed E-state index contributed by atoms with van der Waals surface area (Å²) < 4.78 is 52.9. The standard InChI is InChI=1S/C10H9F4N5/c11-6-1-2-8(10(12,13)14)7(5-6)9-16-17-18-19(9)4-3-15/h1-2,5H,3-4,15H2. The predicted octanol–water partition coefficient (Wildman–Crippen LogP) is 1.46. The molecule has 0 unspecified atom stereocenters. The molecule has 0 saturated carbocycles. The van der Waals surface area contributed by atoms with Crippen LogP contribution in [0.2, 0.25) is 0 Å². The van der Waals surface area contributed by atoms with Gasteiger partial charge in [0.25, 0.3) is 0 Å². The second-order valence-corrected chi connectivity index (χ2v) is 3.70. The van der Waals surface area contributed by atoms with Gasteiger partial charge in [-0.1, -0.05) is 0 Å². The van der Waals surface area contributed by atoms with Crippen LogP contribution in [0.5, 0.6) is 0 Å². The summed E-state index contributed by atoms with van der Waals surface area (Å²) >= 11 is 0. The Labute approximate surface area is 105 Å². The monoisotopic (exact) mass is 275 g/mol. The molecule has 2 N–H and O–H groups in total. The third-order valence-electron chi connectivity index (χ3n) is 2.40. The Morgan fingerprint density at radius 3 is 2.63 bits per heavy atom. The number of alkyl halides is 3. The van der Waals surface area contributed by atoms with E-state index in [0.29, 0.717) is 6.07 Å². The van der Waals surface area contributed by atoms with E-state index < -0.39 is 23.1 Å². The van der Waals surface area contributed by atoms with E-state index in [0.717, 1.165) is 16.8 Å². The zero-order valence-corrected chi connectivity index (χ0v) is 9.52. The van der Waals surface area contributed by atoms with E-state index in [1.54, 1.807) is 0 Å². The summed E-state index contributed by atoms with van der Waals surface area (Å²) in [6.07, 6.45) is -4.62. The number of nitrogens with two attached hydrogens (primary N) is 1. The molecule has 2 rings (SSSR count). The number of halogens is 4. The molecule has 0 fully saturated rings. The molecule has 102 valence electrons. The molecule has 19 heavy (non-hydrogen) atoms. The third-order valence-corrected chi connectivity index (χ3v) is 2.40. The van der Waals surface area contributed by atoms with Crippen LogP contribution >= 0.6 is 0 Å². The molecule has 0 radical (unpaired) electrons. The molecule has 1 aromatic carbocycles. The highest BCUT2D eigenvalue weighted by Crippen LogP contribution is 2.36. The van der Waals surface area contributed by atoms with Crippen molar-refractivity contribution in [2.75, 3.05) is 6.54 Å². The molecule has 1 aromatic heterocycles. The van der Waals surface area contributed by atoms with Gasteiger partial charge in [0.2, 0.25) is 0 Å². The number of nitrogens with zero attached hydrogens (tertiary/aromatic N) is 4. The molecule has 0 amide bonds. The second-order valence-electron chi connectivity index (χ2n) is 3.70. The Morgan fingerprint density at radius 1 is 1.26 bits per heavy atom. The molecule has 0 aliphatic heterocycles. The van der Waals surface area contributed by atoms with Crippen molar-refractivity contribution in [3.05, 3.63) is 29.6 Å². The Kier molecular flexibility index (Phi) is 3.47. The van der Waals surface area contributed by atoms with Crippen LogP contribution in [0.4, 0.5) is 17.6 Å². The van der Waals surface area contributed by atoms with E-state index >= 15 is 0 Å². The van der Waals surface area contributed by atoms with E-state index in [2.05, 4.69) is 15.5 Å². The normalized spacial score (nSPS) is 11.8. The average Bonchev–Trinajstić information content (AvgIpc) is 2.76. The number of benzene rings is 1. The van der Waals surface area contributed by atoms with Gasteiger partial charge in [0.05, 0.1) is 12.1 Å². The zero-order valence-electron chi connectivity index (χ0n) is 9.52. The largest absolute Gasteiger partial charge is 0.417 e. The number of rotatable bonds is 3. The molecule has 0 spiro atoms. The Bertz CT molecular complexity index is 578. The Morgan fingerprint density at radius 2 is 2.00 bits per heavy atom. The van der Waals surface area contributed by atoms with Gasteiger partial charge in [-0.3, -0.25) is 0 Å². The lowest BCUT2D eigenvalue weighted by molar-refractivity contribution is -0.137. The first-order chi connectivity index (χ1) is 8.93. The molecule has 1 heterocycles. The maximum Gasteiger partial charge on any atom is 0.417 e. The molecular formula is C10H9F4N5. The fraction of sp³-hybridized carbons (Fsp3) is 0.300. The molecule has 0 aliphatic rings. The fourth-order valence-electron chi connectivity index (χ4n) is 1.62. The van der Waals surface area contributed by atoms with Crippen molar-refractivity contribution in [3.8, 4) is 11.4 Å². The number of tetrazole rings is 1. The SMILES string of the molecule is NCCn1nnnc1-c1cc(F)ccc1C(F)(F)F. The van der Waals surface area contributed by atoms with E-state index in [-0.39, 0.29) is 18.9 Å². The highest BCUT2D eigenvalue weighted by Gasteiger charge is 2.35. The van der Waals surface area contributed by atoms with E-state index in [4.69, 9.17) is 5.73 Å². The maximum atomic E-state index is 13.2. The van der Waals surface area contributed by atoms with E-state index in [9.17, 15) is 17.6 Å². The average molecular weight is 275 g/mol. The van der Waals surface area contributed by atoms with Gasteiger partial charge >= 0.3 is 6.18 Å². The minimum absolute atomic E-state index is 0.135. The topological polar surface area (TPSA) is 69.6 Å². The Balaban J connectivity index is 2.60. The molecule has 0 aliphatic carbocycles. The maximum absolute atomic E-state index is 13.2. The summed E-state index contributed by atoms with van der Waals surface area (Å²) in [6.45, 7) is 0.283. The van der Waals surface area contributed by atoms with Gasteiger partial charge in [-0.25, -0.2) is 9.07 Å². The van der Waals surface area contributed by atoms with Crippen LogP contribution in [-0.2, 0) is 12.7 Å². The van der Waals surface area contributed by atoms with Crippen molar-refractivity contribution < 1.29 is 17.6 Å². The van der Waals surface area contributed by atoms with Crippen molar-refractivity contribution in [3.63, 3.8) is 0 Å². The highest BCUT2D eigenvalue weighted by molar-refractivity contribution is 5.61. The van der Waals surface area contributed by atoms with Crippen molar-refractivity contribution in [2.24, 2.45) is 5.73 Å². The summed E-state index contributed by atoms with van der Waals surface area (Å²) in [5, 5.41) is 10.3. The Hall–Kier alpha value is -2.03. The van der Waals surface area contributed by atoms with Crippen LogP contribution in [0, 0.1) is 5.82 Å². The lowest BCUT2D eigenvalue weighted by Crippen LogP contribution is -2.14. The lowest BCUT2D eigenvalue weighted by Gasteiger charge is -2.12.